The van der Waals surface area contributed by atoms with Crippen molar-refractivity contribution in [3.8, 4) is 0 Å². The van der Waals surface area contributed by atoms with Crippen LogP contribution >= 0.6 is 0 Å². The minimum Gasteiger partial charge on any atom is -0.388 e. The fourth-order valence-electron chi connectivity index (χ4n) is 5.19. The van der Waals surface area contributed by atoms with E-state index in [0.29, 0.717) is 11.9 Å². The van der Waals surface area contributed by atoms with Crippen molar-refractivity contribution in [1.82, 2.24) is 14.9 Å². The predicted molar refractivity (Wildman–Crippen MR) is 134 cm³/mol. The highest BCUT2D eigenvalue weighted by atomic mass is 16.2. The minimum atomic E-state index is 0.155. The van der Waals surface area contributed by atoms with Crippen LogP contribution in [-0.2, 0) is 4.79 Å². The Morgan fingerprint density at radius 1 is 1.00 bits per heavy atom. The maximum atomic E-state index is 11.6. The number of amides is 1. The van der Waals surface area contributed by atoms with Crippen LogP contribution in [0.4, 0.5) is 23.0 Å². The summed E-state index contributed by atoms with van der Waals surface area (Å²) < 4.78 is 0. The van der Waals surface area contributed by atoms with E-state index in [1.165, 1.54) is 42.6 Å². The first kappa shape index (κ1) is 21.5. The molecule has 172 valence electrons. The van der Waals surface area contributed by atoms with Gasteiger partial charge in [0.05, 0.1) is 5.52 Å². The SMILES string of the molecule is CNc1ccc2cnc(Nc3ccc(N4CCN(C(C)=O)CC4)cc3)nc2c1C1CCCC1. The normalized spacial score (nSPS) is 16.9. The van der Waals surface area contributed by atoms with E-state index in [0.717, 1.165) is 42.8 Å². The lowest BCUT2D eigenvalue weighted by molar-refractivity contribution is -0.129. The molecule has 2 aliphatic rings. The average Bonchev–Trinajstić information content (AvgIpc) is 3.38. The summed E-state index contributed by atoms with van der Waals surface area (Å²) in [5.41, 5.74) is 5.69. The molecule has 7 heteroatoms. The second kappa shape index (κ2) is 9.25. The lowest BCUT2D eigenvalue weighted by Crippen LogP contribution is -2.48. The molecule has 0 atom stereocenters. The van der Waals surface area contributed by atoms with Crippen LogP contribution in [-0.4, -0.2) is 54.0 Å². The first-order valence-corrected chi connectivity index (χ1v) is 12.0. The van der Waals surface area contributed by atoms with Crippen molar-refractivity contribution in [3.63, 3.8) is 0 Å². The number of carbonyl (C=O) groups is 1. The minimum absolute atomic E-state index is 0.155. The lowest BCUT2D eigenvalue weighted by atomic mass is 9.93. The predicted octanol–water partition coefficient (Wildman–Crippen LogP) is 4.74. The molecular formula is C26H32N6O. The van der Waals surface area contributed by atoms with Crippen LogP contribution in [0.5, 0.6) is 0 Å². The zero-order valence-electron chi connectivity index (χ0n) is 19.5. The maximum absolute atomic E-state index is 11.6. The number of rotatable bonds is 5. The van der Waals surface area contributed by atoms with E-state index in [2.05, 4.69) is 56.9 Å². The molecule has 0 radical (unpaired) electrons. The molecule has 1 aromatic heterocycles. The highest BCUT2D eigenvalue weighted by Gasteiger charge is 2.23. The van der Waals surface area contributed by atoms with Crippen LogP contribution in [0.2, 0.25) is 0 Å². The number of fused-ring (bicyclic) bond motifs is 1. The van der Waals surface area contributed by atoms with Gasteiger partial charge in [0, 0.05) is 74.4 Å². The Labute approximate surface area is 195 Å². The molecule has 33 heavy (non-hydrogen) atoms. The number of aromatic nitrogens is 2. The summed E-state index contributed by atoms with van der Waals surface area (Å²) in [6, 6.07) is 12.6. The van der Waals surface area contributed by atoms with Crippen molar-refractivity contribution in [2.45, 2.75) is 38.5 Å². The number of nitrogens with zero attached hydrogens (tertiary/aromatic N) is 4. The lowest BCUT2D eigenvalue weighted by Gasteiger charge is -2.35. The van der Waals surface area contributed by atoms with E-state index in [1.54, 1.807) is 6.92 Å². The molecule has 2 N–H and O–H groups in total. The Bertz CT molecular complexity index is 1130. The number of nitrogens with one attached hydrogen (secondary N) is 2. The third-order valence-corrected chi connectivity index (χ3v) is 7.04. The van der Waals surface area contributed by atoms with Gasteiger partial charge in [0.1, 0.15) is 0 Å². The van der Waals surface area contributed by atoms with Crippen LogP contribution < -0.4 is 15.5 Å². The zero-order chi connectivity index (χ0) is 22.8. The number of carbonyl (C=O) groups excluding carboxylic acids is 1. The van der Waals surface area contributed by atoms with Gasteiger partial charge in [-0.05, 0) is 55.2 Å². The molecular weight excluding hydrogens is 412 g/mol. The molecule has 1 saturated heterocycles. The molecule has 1 saturated carbocycles. The second-order valence-corrected chi connectivity index (χ2v) is 9.05. The zero-order valence-corrected chi connectivity index (χ0v) is 19.5. The molecule has 7 nitrogen and oxygen atoms in total. The summed E-state index contributed by atoms with van der Waals surface area (Å²) >= 11 is 0. The first-order chi connectivity index (χ1) is 16.1. The van der Waals surface area contributed by atoms with Gasteiger partial charge < -0.3 is 20.4 Å². The molecule has 3 aromatic rings. The molecule has 5 rings (SSSR count). The molecule has 1 aliphatic heterocycles. The Morgan fingerprint density at radius 2 is 1.73 bits per heavy atom. The summed E-state index contributed by atoms with van der Waals surface area (Å²) in [6.45, 7) is 4.91. The van der Waals surface area contributed by atoms with Gasteiger partial charge in [-0.2, -0.15) is 0 Å². The summed E-state index contributed by atoms with van der Waals surface area (Å²) in [6.07, 6.45) is 6.95. The van der Waals surface area contributed by atoms with Crippen LogP contribution in [0.3, 0.4) is 0 Å². The van der Waals surface area contributed by atoms with Crippen LogP contribution in [0.25, 0.3) is 10.9 Å². The molecule has 0 spiro atoms. The number of anilines is 4. The van der Waals surface area contributed by atoms with Gasteiger partial charge in [-0.1, -0.05) is 12.8 Å². The Morgan fingerprint density at radius 3 is 2.39 bits per heavy atom. The van der Waals surface area contributed by atoms with Crippen molar-refractivity contribution in [3.05, 3.63) is 48.2 Å². The largest absolute Gasteiger partial charge is 0.388 e. The molecule has 2 heterocycles. The van der Waals surface area contributed by atoms with Gasteiger partial charge in [-0.15, -0.1) is 0 Å². The van der Waals surface area contributed by atoms with Crippen molar-refractivity contribution < 1.29 is 4.79 Å². The van der Waals surface area contributed by atoms with Gasteiger partial charge in [-0.25, -0.2) is 9.97 Å². The van der Waals surface area contributed by atoms with Gasteiger partial charge in [0.15, 0.2) is 0 Å². The molecule has 0 bridgehead atoms. The highest BCUT2D eigenvalue weighted by Crippen LogP contribution is 2.41. The fourth-order valence-corrected chi connectivity index (χ4v) is 5.19. The number of piperazine rings is 1. The van der Waals surface area contributed by atoms with Crippen LogP contribution in [0, 0.1) is 0 Å². The smallest absolute Gasteiger partial charge is 0.227 e. The van der Waals surface area contributed by atoms with E-state index >= 15 is 0 Å². The van der Waals surface area contributed by atoms with Gasteiger partial charge in [0.25, 0.3) is 0 Å². The maximum Gasteiger partial charge on any atom is 0.227 e. The third-order valence-electron chi connectivity index (χ3n) is 7.04. The Balaban J connectivity index is 1.35. The number of hydrogen-bond acceptors (Lipinski definition) is 6. The quantitative estimate of drug-likeness (QED) is 0.592. The fraction of sp³-hybridized carbons (Fsp3) is 0.423. The van der Waals surface area contributed by atoms with Crippen molar-refractivity contribution in [2.75, 3.05) is 48.8 Å². The third kappa shape index (κ3) is 4.45. The summed E-state index contributed by atoms with van der Waals surface area (Å²) in [4.78, 5) is 25.3. The molecule has 2 aromatic carbocycles. The second-order valence-electron chi connectivity index (χ2n) is 9.05. The van der Waals surface area contributed by atoms with Crippen molar-refractivity contribution in [1.29, 1.82) is 0 Å². The summed E-state index contributed by atoms with van der Waals surface area (Å²) in [5, 5.41) is 7.85. The van der Waals surface area contributed by atoms with Gasteiger partial charge >= 0.3 is 0 Å². The summed E-state index contributed by atoms with van der Waals surface area (Å²) in [7, 11) is 1.99. The van der Waals surface area contributed by atoms with Crippen molar-refractivity contribution in [2.24, 2.45) is 0 Å². The Kier molecular flexibility index (Phi) is 6.03. The highest BCUT2D eigenvalue weighted by molar-refractivity contribution is 5.88. The van der Waals surface area contributed by atoms with E-state index in [-0.39, 0.29) is 5.91 Å². The molecule has 2 fully saturated rings. The van der Waals surface area contributed by atoms with E-state index in [9.17, 15) is 4.79 Å². The first-order valence-electron chi connectivity index (χ1n) is 12.0. The van der Waals surface area contributed by atoms with E-state index in [1.807, 2.05) is 18.1 Å². The summed E-state index contributed by atoms with van der Waals surface area (Å²) in [5.74, 6) is 1.34. The van der Waals surface area contributed by atoms with Crippen LogP contribution in [0.15, 0.2) is 42.6 Å². The number of hydrogen-bond donors (Lipinski definition) is 2. The topological polar surface area (TPSA) is 73.4 Å². The monoisotopic (exact) mass is 444 g/mol. The van der Waals surface area contributed by atoms with Gasteiger partial charge in [-0.3, -0.25) is 4.79 Å². The van der Waals surface area contributed by atoms with E-state index < -0.39 is 0 Å². The number of benzene rings is 2. The molecule has 1 amide bonds. The van der Waals surface area contributed by atoms with Crippen molar-refractivity contribution >= 4 is 39.8 Å². The average molecular weight is 445 g/mol. The standard InChI is InChI=1S/C26H32N6O/c1-18(33)31-13-15-32(16-14-31)22-10-8-21(9-11-22)29-26-28-17-20-7-12-23(27-2)24(25(20)30-26)19-5-3-4-6-19/h7-12,17,19,27H,3-6,13-16H2,1-2H3,(H,28,29,30). The molecule has 0 unspecified atom stereocenters. The molecule has 1 aliphatic carbocycles. The van der Waals surface area contributed by atoms with Crippen LogP contribution in [0.1, 0.15) is 44.1 Å². The Hall–Kier alpha value is -3.35. The van der Waals surface area contributed by atoms with Gasteiger partial charge in [0.2, 0.25) is 11.9 Å². The van der Waals surface area contributed by atoms with E-state index in [4.69, 9.17) is 4.98 Å².